The van der Waals surface area contributed by atoms with Gasteiger partial charge in [0.1, 0.15) is 11.4 Å². The number of aryl methyl sites for hydroxylation is 1. The molecule has 6 nitrogen and oxygen atoms in total. The molecule has 1 N–H and O–H groups in total. The van der Waals surface area contributed by atoms with Gasteiger partial charge in [-0.25, -0.2) is 4.98 Å². The fourth-order valence-electron chi connectivity index (χ4n) is 3.15. The third-order valence-electron chi connectivity index (χ3n) is 4.56. The minimum Gasteiger partial charge on any atom is -0.337 e. The third-order valence-corrected chi connectivity index (χ3v) is 4.56. The lowest BCUT2D eigenvalue weighted by atomic mass is 10.1. The predicted molar refractivity (Wildman–Crippen MR) is 110 cm³/mol. The van der Waals surface area contributed by atoms with Crippen molar-refractivity contribution in [3.8, 4) is 11.3 Å². The maximum atomic E-state index is 4.77. The van der Waals surface area contributed by atoms with E-state index >= 15 is 0 Å². The number of nitrogens with one attached hydrogen (secondary N) is 1. The molecule has 0 saturated heterocycles. The number of imidazole rings is 1. The Labute approximate surface area is 164 Å². The van der Waals surface area contributed by atoms with Gasteiger partial charge >= 0.3 is 0 Å². The van der Waals surface area contributed by atoms with E-state index in [9.17, 15) is 0 Å². The molecule has 2 aromatic heterocycles. The van der Waals surface area contributed by atoms with Crippen LogP contribution in [-0.4, -0.2) is 31.1 Å². The lowest BCUT2D eigenvalue weighted by molar-refractivity contribution is 0.558. The Morgan fingerprint density at radius 3 is 2.43 bits per heavy atom. The zero-order valence-corrected chi connectivity index (χ0v) is 15.8. The van der Waals surface area contributed by atoms with Crippen LogP contribution in [0, 0.1) is 0 Å². The first-order valence-corrected chi connectivity index (χ1v) is 9.58. The van der Waals surface area contributed by atoms with Crippen molar-refractivity contribution in [1.29, 1.82) is 0 Å². The van der Waals surface area contributed by atoms with Crippen LogP contribution in [0.25, 0.3) is 11.3 Å². The van der Waals surface area contributed by atoms with Gasteiger partial charge in [0.25, 0.3) is 0 Å². The van der Waals surface area contributed by atoms with E-state index in [1.165, 1.54) is 5.56 Å². The van der Waals surface area contributed by atoms with Gasteiger partial charge in [-0.1, -0.05) is 60.7 Å². The van der Waals surface area contributed by atoms with Crippen molar-refractivity contribution >= 4 is 0 Å². The Balaban J connectivity index is 1.43. The predicted octanol–water partition coefficient (Wildman–Crippen LogP) is 3.37. The SMILES string of the molecule is c1ccc(Cn2nc(CNCCCn3ccnc3)c(-c3ccccc3)n2)cc1. The van der Waals surface area contributed by atoms with Crippen molar-refractivity contribution < 1.29 is 0 Å². The Morgan fingerprint density at radius 1 is 0.893 bits per heavy atom. The van der Waals surface area contributed by atoms with Crippen LogP contribution >= 0.6 is 0 Å². The monoisotopic (exact) mass is 372 g/mol. The van der Waals surface area contributed by atoms with E-state index in [4.69, 9.17) is 10.2 Å². The van der Waals surface area contributed by atoms with Crippen LogP contribution < -0.4 is 5.32 Å². The molecular weight excluding hydrogens is 348 g/mol. The molecule has 0 bridgehead atoms. The molecule has 0 fully saturated rings. The summed E-state index contributed by atoms with van der Waals surface area (Å²) in [5.74, 6) is 0. The molecule has 0 unspecified atom stereocenters. The lowest BCUT2D eigenvalue weighted by Gasteiger charge is -2.05. The number of aromatic nitrogens is 5. The molecule has 142 valence electrons. The standard InChI is InChI=1S/C22H24N6/c1-3-8-19(9-4-1)17-28-25-21(22(26-28)20-10-5-2-6-11-20)16-23-12-7-14-27-15-13-24-18-27/h1-6,8-11,13,15,18,23H,7,12,14,16-17H2. The molecule has 2 aromatic carbocycles. The van der Waals surface area contributed by atoms with Crippen LogP contribution in [-0.2, 0) is 19.6 Å². The van der Waals surface area contributed by atoms with Crippen LogP contribution in [0.5, 0.6) is 0 Å². The van der Waals surface area contributed by atoms with E-state index in [0.717, 1.165) is 36.5 Å². The highest BCUT2D eigenvalue weighted by molar-refractivity contribution is 5.60. The second kappa shape index (κ2) is 9.10. The summed E-state index contributed by atoms with van der Waals surface area (Å²) in [7, 11) is 0. The van der Waals surface area contributed by atoms with Crippen LogP contribution in [0.15, 0.2) is 79.4 Å². The molecule has 28 heavy (non-hydrogen) atoms. The first-order valence-electron chi connectivity index (χ1n) is 9.58. The van der Waals surface area contributed by atoms with E-state index in [1.807, 2.05) is 55.1 Å². The minimum atomic E-state index is 0.668. The highest BCUT2D eigenvalue weighted by Crippen LogP contribution is 2.20. The average Bonchev–Trinajstić information content (AvgIpc) is 3.39. The highest BCUT2D eigenvalue weighted by Gasteiger charge is 2.13. The van der Waals surface area contributed by atoms with Gasteiger partial charge in [-0.3, -0.25) is 0 Å². The molecule has 4 aromatic rings. The van der Waals surface area contributed by atoms with Gasteiger partial charge in [0.2, 0.25) is 0 Å². The van der Waals surface area contributed by atoms with Crippen LogP contribution in [0.1, 0.15) is 17.7 Å². The summed E-state index contributed by atoms with van der Waals surface area (Å²) in [4.78, 5) is 5.86. The van der Waals surface area contributed by atoms with Gasteiger partial charge in [-0.15, -0.1) is 0 Å². The van der Waals surface area contributed by atoms with Crippen molar-refractivity contribution in [1.82, 2.24) is 29.9 Å². The summed E-state index contributed by atoms with van der Waals surface area (Å²) in [6.45, 7) is 3.24. The maximum Gasteiger partial charge on any atom is 0.117 e. The minimum absolute atomic E-state index is 0.668. The quantitative estimate of drug-likeness (QED) is 0.458. The van der Waals surface area contributed by atoms with E-state index in [1.54, 1.807) is 4.80 Å². The molecule has 0 amide bonds. The molecule has 6 heteroatoms. The third kappa shape index (κ3) is 4.72. The lowest BCUT2D eigenvalue weighted by Crippen LogP contribution is -2.17. The van der Waals surface area contributed by atoms with Crippen LogP contribution in [0.4, 0.5) is 0 Å². The number of hydrogen-bond acceptors (Lipinski definition) is 4. The molecular formula is C22H24N6. The van der Waals surface area contributed by atoms with E-state index in [2.05, 4.69) is 39.1 Å². The summed E-state index contributed by atoms with van der Waals surface area (Å²) >= 11 is 0. The number of hydrogen-bond donors (Lipinski definition) is 1. The molecule has 0 saturated carbocycles. The molecule has 0 atom stereocenters. The summed E-state index contributed by atoms with van der Waals surface area (Å²) in [6.07, 6.45) is 6.69. The Kier molecular flexibility index (Phi) is 5.89. The first kappa shape index (κ1) is 18.1. The first-order chi connectivity index (χ1) is 13.9. The smallest absolute Gasteiger partial charge is 0.117 e. The van der Waals surface area contributed by atoms with Crippen molar-refractivity contribution in [2.75, 3.05) is 6.54 Å². The van der Waals surface area contributed by atoms with Gasteiger partial charge in [0, 0.05) is 31.0 Å². The maximum absolute atomic E-state index is 4.77. The molecule has 0 spiro atoms. The Hall–Kier alpha value is -3.25. The number of benzene rings is 2. The van der Waals surface area contributed by atoms with Gasteiger partial charge in [-0.05, 0) is 18.5 Å². The van der Waals surface area contributed by atoms with E-state index in [-0.39, 0.29) is 0 Å². The normalized spacial score (nSPS) is 11.0. The molecule has 4 rings (SSSR count). The molecule has 0 radical (unpaired) electrons. The van der Waals surface area contributed by atoms with Crippen molar-refractivity contribution in [3.05, 3.63) is 90.6 Å². The fourth-order valence-corrected chi connectivity index (χ4v) is 3.15. The Morgan fingerprint density at radius 2 is 1.68 bits per heavy atom. The van der Waals surface area contributed by atoms with Gasteiger partial charge in [-0.2, -0.15) is 15.0 Å². The van der Waals surface area contributed by atoms with Gasteiger partial charge < -0.3 is 9.88 Å². The molecule has 0 aliphatic heterocycles. The molecule has 0 aliphatic rings. The van der Waals surface area contributed by atoms with E-state index < -0.39 is 0 Å². The Bertz CT molecular complexity index is 961. The average molecular weight is 372 g/mol. The van der Waals surface area contributed by atoms with Gasteiger partial charge in [0.05, 0.1) is 12.9 Å². The van der Waals surface area contributed by atoms with Crippen molar-refractivity contribution in [2.24, 2.45) is 0 Å². The molecule has 2 heterocycles. The largest absolute Gasteiger partial charge is 0.337 e. The summed E-state index contributed by atoms with van der Waals surface area (Å²) in [6, 6.07) is 20.6. The van der Waals surface area contributed by atoms with Crippen LogP contribution in [0.2, 0.25) is 0 Å². The summed E-state index contributed by atoms with van der Waals surface area (Å²) < 4.78 is 2.09. The molecule has 0 aliphatic carbocycles. The highest BCUT2D eigenvalue weighted by atomic mass is 15.5. The zero-order valence-electron chi connectivity index (χ0n) is 15.8. The second-order valence-electron chi connectivity index (χ2n) is 6.71. The van der Waals surface area contributed by atoms with Crippen molar-refractivity contribution in [3.63, 3.8) is 0 Å². The number of nitrogens with zero attached hydrogens (tertiary/aromatic N) is 5. The summed E-state index contributed by atoms with van der Waals surface area (Å²) in [5.41, 5.74) is 4.21. The van der Waals surface area contributed by atoms with E-state index in [0.29, 0.717) is 13.1 Å². The zero-order chi connectivity index (χ0) is 19.0. The summed E-state index contributed by atoms with van der Waals surface area (Å²) in [5, 5.41) is 13.0. The fraction of sp³-hybridized carbons (Fsp3) is 0.227. The van der Waals surface area contributed by atoms with Gasteiger partial charge in [0.15, 0.2) is 0 Å². The topological polar surface area (TPSA) is 60.6 Å². The number of rotatable bonds is 9. The second-order valence-corrected chi connectivity index (χ2v) is 6.71. The van der Waals surface area contributed by atoms with Crippen LogP contribution in [0.3, 0.4) is 0 Å². The van der Waals surface area contributed by atoms with Crippen molar-refractivity contribution in [2.45, 2.75) is 26.1 Å².